The van der Waals surface area contributed by atoms with Gasteiger partial charge in [0.05, 0.1) is 22.1 Å². The van der Waals surface area contributed by atoms with Crippen LogP contribution < -0.4 is 11.1 Å². The zero-order valence-corrected chi connectivity index (χ0v) is 39.5. The minimum atomic E-state index is 0.787. The summed E-state index contributed by atoms with van der Waals surface area (Å²) < 4.78 is 4.65. The lowest BCUT2D eigenvalue weighted by Gasteiger charge is -2.23. The minimum absolute atomic E-state index is 0.787. The van der Waals surface area contributed by atoms with Gasteiger partial charge in [-0.3, -0.25) is 0 Å². The third kappa shape index (κ3) is 7.42. The summed E-state index contributed by atoms with van der Waals surface area (Å²) in [5.41, 5.74) is 23.0. The summed E-state index contributed by atoms with van der Waals surface area (Å²) in [5.74, 6) is 0. The molecule has 3 N–H and O–H groups in total. The molecular formula is C68H48N4. The number of para-hydroxylation sites is 4. The van der Waals surface area contributed by atoms with Crippen molar-refractivity contribution in [3.63, 3.8) is 0 Å². The number of aromatic nitrogens is 2. The van der Waals surface area contributed by atoms with Gasteiger partial charge >= 0.3 is 0 Å². The molecule has 72 heavy (non-hydrogen) atoms. The molecule has 14 rings (SSSR count). The van der Waals surface area contributed by atoms with E-state index in [-0.39, 0.29) is 0 Å². The third-order valence-electron chi connectivity index (χ3n) is 14.1. The maximum absolute atomic E-state index is 5.80. The molecular weight excluding hydrogens is 873 g/mol. The number of hydrogen-bond donors (Lipinski definition) is 2. The smallest absolute Gasteiger partial charge is 0.0541 e. The summed E-state index contributed by atoms with van der Waals surface area (Å²) in [6.07, 6.45) is 0. The first-order valence-corrected chi connectivity index (χ1v) is 24.5. The molecule has 2 heterocycles. The zero-order valence-electron chi connectivity index (χ0n) is 39.5. The fraction of sp³-hybridized carbons (Fsp3) is 0. The number of nitrogens with two attached hydrogens (primary N) is 1. The van der Waals surface area contributed by atoms with Gasteiger partial charge < -0.3 is 20.2 Å². The molecule has 0 saturated heterocycles. The van der Waals surface area contributed by atoms with E-state index in [1.54, 1.807) is 0 Å². The van der Waals surface area contributed by atoms with Gasteiger partial charge in [-0.25, -0.2) is 0 Å². The van der Waals surface area contributed by atoms with E-state index in [4.69, 9.17) is 5.73 Å². The predicted molar refractivity (Wildman–Crippen MR) is 307 cm³/mol. The van der Waals surface area contributed by atoms with Crippen molar-refractivity contribution >= 4 is 82.2 Å². The molecule has 4 nitrogen and oxygen atoms in total. The highest BCUT2D eigenvalue weighted by molar-refractivity contribution is 6.13. The van der Waals surface area contributed by atoms with E-state index in [0.29, 0.717) is 0 Å². The van der Waals surface area contributed by atoms with E-state index in [9.17, 15) is 0 Å². The molecule has 0 unspecified atom stereocenters. The molecule has 340 valence electrons. The highest BCUT2D eigenvalue weighted by Gasteiger charge is 2.22. The first kappa shape index (κ1) is 42.5. The molecule has 0 bridgehead atoms. The first-order chi connectivity index (χ1) is 35.7. The average molecular weight is 921 g/mol. The first-order valence-electron chi connectivity index (χ1n) is 24.5. The molecule has 0 saturated carbocycles. The van der Waals surface area contributed by atoms with Crippen LogP contribution in [0.25, 0.3) is 110 Å². The molecule has 0 aliphatic carbocycles. The van der Waals surface area contributed by atoms with Crippen LogP contribution in [0.1, 0.15) is 0 Å². The summed E-state index contributed by atoms with van der Waals surface area (Å²) in [6.45, 7) is 0. The van der Waals surface area contributed by atoms with Gasteiger partial charge in [0.1, 0.15) is 0 Å². The van der Waals surface area contributed by atoms with Crippen molar-refractivity contribution in [2.24, 2.45) is 0 Å². The van der Waals surface area contributed by atoms with Crippen molar-refractivity contribution in [2.45, 2.75) is 0 Å². The Bertz CT molecular complexity index is 4180. The van der Waals surface area contributed by atoms with E-state index in [2.05, 4.69) is 275 Å². The van der Waals surface area contributed by atoms with Crippen LogP contribution >= 0.6 is 0 Å². The van der Waals surface area contributed by atoms with Gasteiger partial charge in [0.15, 0.2) is 0 Å². The van der Waals surface area contributed by atoms with Gasteiger partial charge in [0.2, 0.25) is 0 Å². The number of nitrogen functional groups attached to an aromatic ring is 1. The minimum Gasteiger partial charge on any atom is -0.399 e. The van der Waals surface area contributed by atoms with Crippen molar-refractivity contribution in [1.82, 2.24) is 9.13 Å². The summed E-state index contributed by atoms with van der Waals surface area (Å²) in [6, 6.07) is 97.3. The molecule has 0 radical (unpaired) electrons. The molecule has 0 atom stereocenters. The van der Waals surface area contributed by atoms with Gasteiger partial charge in [-0.1, -0.05) is 194 Å². The van der Waals surface area contributed by atoms with Gasteiger partial charge in [-0.15, -0.1) is 0 Å². The lowest BCUT2D eigenvalue weighted by Crippen LogP contribution is -2.00. The number of anilines is 3. The normalized spacial score (nSPS) is 11.4. The Balaban J connectivity index is 0.000000210. The standard InChI is InChI=1S/C50H34N2.C18H14N2/c1-2-14-36(15-3-1)41-32-33-46(51-37-28-30-38(31-29-37)52-47-26-10-8-22-42(47)43-23-9-11-27-48(43)52)50(45-25-13-19-35-17-5-7-21-40(35)45)49(41)44-24-12-18-34-16-4-6-20-39(34)44;19-13-9-11-14(12-10-13)20-17-7-3-1-5-15(17)16-6-2-4-8-18(16)20/h1-33,51H;1-12H,19H2. The Morgan fingerprint density at radius 1 is 0.278 bits per heavy atom. The van der Waals surface area contributed by atoms with Crippen LogP contribution in [-0.4, -0.2) is 9.13 Å². The second-order valence-electron chi connectivity index (χ2n) is 18.3. The Morgan fingerprint density at radius 3 is 1.15 bits per heavy atom. The van der Waals surface area contributed by atoms with Crippen LogP contribution in [0, 0.1) is 0 Å². The number of rotatable bonds is 7. The topological polar surface area (TPSA) is 47.9 Å². The third-order valence-corrected chi connectivity index (χ3v) is 14.1. The molecule has 0 amide bonds. The fourth-order valence-electron chi connectivity index (χ4n) is 10.9. The fourth-order valence-corrected chi connectivity index (χ4v) is 10.9. The Morgan fingerprint density at radius 2 is 0.667 bits per heavy atom. The van der Waals surface area contributed by atoms with Crippen LogP contribution in [0.4, 0.5) is 17.1 Å². The van der Waals surface area contributed by atoms with Crippen LogP contribution in [0.2, 0.25) is 0 Å². The maximum atomic E-state index is 5.80. The highest BCUT2D eigenvalue weighted by atomic mass is 15.0. The van der Waals surface area contributed by atoms with Gasteiger partial charge in [-0.05, 0) is 123 Å². The summed E-state index contributed by atoms with van der Waals surface area (Å²) in [4.78, 5) is 0. The lowest BCUT2D eigenvalue weighted by molar-refractivity contribution is 1.18. The van der Waals surface area contributed by atoms with E-state index in [1.807, 2.05) is 12.1 Å². The molecule has 0 aliphatic heterocycles. The maximum Gasteiger partial charge on any atom is 0.0541 e. The quantitative estimate of drug-likeness (QED) is 0.157. The van der Waals surface area contributed by atoms with Crippen molar-refractivity contribution in [3.05, 3.63) is 273 Å². The van der Waals surface area contributed by atoms with E-state index < -0.39 is 0 Å². The summed E-state index contributed by atoms with van der Waals surface area (Å²) in [7, 11) is 0. The highest BCUT2D eigenvalue weighted by Crippen LogP contribution is 2.49. The van der Waals surface area contributed by atoms with Crippen molar-refractivity contribution in [3.8, 4) is 44.8 Å². The molecule has 14 aromatic rings. The van der Waals surface area contributed by atoms with Crippen LogP contribution in [0.3, 0.4) is 0 Å². The van der Waals surface area contributed by atoms with Crippen LogP contribution in [0.15, 0.2) is 273 Å². The molecule has 0 fully saturated rings. The average Bonchev–Trinajstić information content (AvgIpc) is 3.97. The van der Waals surface area contributed by atoms with E-state index >= 15 is 0 Å². The summed E-state index contributed by atoms with van der Waals surface area (Å²) >= 11 is 0. The number of benzene rings is 12. The predicted octanol–water partition coefficient (Wildman–Crippen LogP) is 18.2. The van der Waals surface area contributed by atoms with Crippen molar-refractivity contribution in [1.29, 1.82) is 0 Å². The SMILES string of the molecule is Nc1ccc(-n2c3ccccc3c3ccccc32)cc1.c1ccc(-c2ccc(Nc3ccc(-n4c5ccccc5c5ccccc54)cc3)c(-c3cccc4ccccc34)c2-c2cccc3ccccc23)cc1. The second kappa shape index (κ2) is 18.0. The largest absolute Gasteiger partial charge is 0.399 e. The Labute approximate surface area is 418 Å². The van der Waals surface area contributed by atoms with Crippen LogP contribution in [0.5, 0.6) is 0 Å². The molecule has 0 aliphatic rings. The molecule has 4 heteroatoms. The molecule has 2 aromatic heterocycles. The molecule has 12 aromatic carbocycles. The number of nitrogens with zero attached hydrogens (tertiary/aromatic N) is 2. The van der Waals surface area contributed by atoms with Gasteiger partial charge in [-0.2, -0.15) is 0 Å². The van der Waals surface area contributed by atoms with Crippen LogP contribution in [-0.2, 0) is 0 Å². The second-order valence-corrected chi connectivity index (χ2v) is 18.3. The van der Waals surface area contributed by atoms with E-state index in [0.717, 1.165) is 28.4 Å². The van der Waals surface area contributed by atoms with Gasteiger partial charge in [0, 0.05) is 61.1 Å². The Hall–Kier alpha value is -9.64. The van der Waals surface area contributed by atoms with E-state index in [1.165, 1.54) is 98.5 Å². The monoisotopic (exact) mass is 920 g/mol. The number of fused-ring (bicyclic) bond motifs is 8. The van der Waals surface area contributed by atoms with Gasteiger partial charge in [0.25, 0.3) is 0 Å². The number of hydrogen-bond acceptors (Lipinski definition) is 2. The summed E-state index contributed by atoms with van der Waals surface area (Å²) in [5, 5.41) is 13.9. The Kier molecular flexibility index (Phi) is 10.6. The van der Waals surface area contributed by atoms with Crippen molar-refractivity contribution < 1.29 is 0 Å². The molecule has 0 spiro atoms. The number of nitrogens with one attached hydrogen (secondary N) is 1. The van der Waals surface area contributed by atoms with Crippen molar-refractivity contribution in [2.75, 3.05) is 11.1 Å². The lowest BCUT2D eigenvalue weighted by atomic mass is 9.83. The zero-order chi connectivity index (χ0) is 48.0.